The Balaban J connectivity index is 0. The van der Waals surface area contributed by atoms with Gasteiger partial charge in [-0.1, -0.05) is 20.8 Å². The molecule has 0 aliphatic rings. The van der Waals surface area contributed by atoms with Crippen LogP contribution in [0.2, 0.25) is 0 Å². The quantitative estimate of drug-likeness (QED) is 0.468. The fourth-order valence-corrected chi connectivity index (χ4v) is 2.04. The summed E-state index contributed by atoms with van der Waals surface area (Å²) >= 11 is 1.21. The first-order valence-corrected chi connectivity index (χ1v) is 7.65. The maximum absolute atomic E-state index is 10.2. The molecular formula is C12H28N2O4S. The Labute approximate surface area is 120 Å². The van der Waals surface area contributed by atoms with Crippen LogP contribution in [0.5, 0.6) is 0 Å². The Morgan fingerprint density at radius 1 is 1.21 bits per heavy atom. The van der Waals surface area contributed by atoms with Gasteiger partial charge in [-0.2, -0.15) is 11.8 Å². The van der Waals surface area contributed by atoms with Crippen molar-refractivity contribution in [1.29, 1.82) is 0 Å². The van der Waals surface area contributed by atoms with E-state index in [1.807, 2.05) is 0 Å². The van der Waals surface area contributed by atoms with Crippen LogP contribution in [0.25, 0.3) is 0 Å². The Hall–Kier alpha value is -0.340. The van der Waals surface area contributed by atoms with Crippen LogP contribution in [0, 0.1) is 0 Å². The predicted molar refractivity (Wildman–Crippen MR) is 79.5 cm³/mol. The molecule has 0 radical (unpaired) electrons. The molecule has 0 aliphatic heterocycles. The van der Waals surface area contributed by atoms with Crippen molar-refractivity contribution in [2.45, 2.75) is 32.9 Å². The summed E-state index contributed by atoms with van der Waals surface area (Å²) in [6, 6.07) is -0.902. The Kier molecular flexibility index (Phi) is 15.5. The highest BCUT2D eigenvalue weighted by molar-refractivity contribution is 7.99. The molecule has 0 spiro atoms. The lowest BCUT2D eigenvalue weighted by atomic mass is 10.4. The van der Waals surface area contributed by atoms with Crippen LogP contribution in [-0.2, 0) is 4.79 Å². The molecule has 0 aromatic rings. The highest BCUT2D eigenvalue weighted by Gasteiger charge is 2.11. The van der Waals surface area contributed by atoms with E-state index in [1.54, 1.807) is 0 Å². The SMILES string of the molecule is CCN(CC)CC.N[C@@H](CSCC(O)CO)C(=O)O. The van der Waals surface area contributed by atoms with Gasteiger partial charge in [-0.05, 0) is 19.6 Å². The molecule has 116 valence electrons. The molecule has 2 atom stereocenters. The summed E-state index contributed by atoms with van der Waals surface area (Å²) in [7, 11) is 0. The molecule has 7 heteroatoms. The highest BCUT2D eigenvalue weighted by Crippen LogP contribution is 2.04. The van der Waals surface area contributed by atoms with Crippen molar-refractivity contribution in [3.63, 3.8) is 0 Å². The second-order valence-electron chi connectivity index (χ2n) is 3.94. The van der Waals surface area contributed by atoms with E-state index in [1.165, 1.54) is 31.4 Å². The molecule has 0 saturated heterocycles. The van der Waals surface area contributed by atoms with Crippen molar-refractivity contribution in [3.05, 3.63) is 0 Å². The van der Waals surface area contributed by atoms with Crippen LogP contribution in [0.15, 0.2) is 0 Å². The molecule has 0 saturated carbocycles. The number of hydrogen-bond donors (Lipinski definition) is 4. The van der Waals surface area contributed by atoms with Crippen LogP contribution < -0.4 is 5.73 Å². The maximum Gasteiger partial charge on any atom is 0.321 e. The number of rotatable bonds is 9. The lowest BCUT2D eigenvalue weighted by Gasteiger charge is -2.13. The Morgan fingerprint density at radius 2 is 1.68 bits per heavy atom. The molecule has 5 N–H and O–H groups in total. The predicted octanol–water partition coefficient (Wildman–Crippen LogP) is -0.167. The lowest BCUT2D eigenvalue weighted by molar-refractivity contribution is -0.137. The average Bonchev–Trinajstić information content (AvgIpc) is 2.41. The number of nitrogens with zero attached hydrogens (tertiary/aromatic N) is 1. The van der Waals surface area contributed by atoms with Gasteiger partial charge in [-0.25, -0.2) is 0 Å². The number of nitrogens with two attached hydrogens (primary N) is 1. The number of aliphatic hydroxyl groups excluding tert-OH is 2. The normalized spacial score (nSPS) is 13.6. The largest absolute Gasteiger partial charge is 0.480 e. The number of thioether (sulfide) groups is 1. The van der Waals surface area contributed by atoms with E-state index in [4.69, 9.17) is 21.1 Å². The monoisotopic (exact) mass is 296 g/mol. The van der Waals surface area contributed by atoms with E-state index >= 15 is 0 Å². The molecule has 19 heavy (non-hydrogen) atoms. The van der Waals surface area contributed by atoms with E-state index in [-0.39, 0.29) is 12.4 Å². The Morgan fingerprint density at radius 3 is 1.95 bits per heavy atom. The lowest BCUT2D eigenvalue weighted by Crippen LogP contribution is -2.33. The van der Waals surface area contributed by atoms with Crippen LogP contribution in [-0.4, -0.2) is 76.1 Å². The van der Waals surface area contributed by atoms with Gasteiger partial charge in [0, 0.05) is 11.5 Å². The topological polar surface area (TPSA) is 107 Å². The molecule has 0 aliphatic carbocycles. The molecule has 0 aromatic heterocycles. The zero-order valence-corrected chi connectivity index (χ0v) is 12.9. The van der Waals surface area contributed by atoms with Gasteiger partial charge in [0.15, 0.2) is 0 Å². The second kappa shape index (κ2) is 14.1. The number of aliphatic hydroxyl groups is 2. The fourth-order valence-electron chi connectivity index (χ4n) is 1.13. The molecule has 0 rings (SSSR count). The number of carboxylic acids is 1. The third kappa shape index (κ3) is 13.9. The fraction of sp³-hybridized carbons (Fsp3) is 0.917. The van der Waals surface area contributed by atoms with E-state index in [9.17, 15) is 4.79 Å². The summed E-state index contributed by atoms with van der Waals surface area (Å²) in [6.45, 7) is 9.81. The minimum atomic E-state index is -1.05. The van der Waals surface area contributed by atoms with E-state index in [0.717, 1.165) is 0 Å². The van der Waals surface area contributed by atoms with Gasteiger partial charge in [0.25, 0.3) is 0 Å². The van der Waals surface area contributed by atoms with Crippen LogP contribution >= 0.6 is 11.8 Å². The number of carboxylic acid groups (broad SMARTS) is 1. The van der Waals surface area contributed by atoms with Crippen molar-refractivity contribution in [1.82, 2.24) is 4.90 Å². The van der Waals surface area contributed by atoms with Crippen molar-refractivity contribution in [2.24, 2.45) is 5.73 Å². The van der Waals surface area contributed by atoms with Gasteiger partial charge in [-0.3, -0.25) is 4.79 Å². The molecule has 0 amide bonds. The first-order valence-electron chi connectivity index (χ1n) is 6.50. The van der Waals surface area contributed by atoms with Gasteiger partial charge < -0.3 is 26.0 Å². The molecule has 0 heterocycles. The zero-order chi connectivity index (χ0) is 15.3. The number of carbonyl (C=O) groups is 1. The molecule has 1 unspecified atom stereocenters. The third-order valence-corrected chi connectivity index (χ3v) is 3.69. The standard InChI is InChI=1S/C6H13NO4S.C6H15N/c7-5(6(10)11)3-12-2-4(9)1-8;1-4-7(5-2)6-3/h4-5,8-9H,1-3,7H2,(H,10,11);4-6H2,1-3H3/t4?,5-;/m0./s1. The van der Waals surface area contributed by atoms with Crippen molar-refractivity contribution < 1.29 is 20.1 Å². The van der Waals surface area contributed by atoms with Gasteiger partial charge >= 0.3 is 5.97 Å². The summed E-state index contributed by atoms with van der Waals surface area (Å²) in [6.07, 6.45) is -0.795. The summed E-state index contributed by atoms with van der Waals surface area (Å²) in [5, 5.41) is 25.6. The van der Waals surface area contributed by atoms with Crippen molar-refractivity contribution in [2.75, 3.05) is 37.7 Å². The first-order chi connectivity index (χ1) is 8.92. The number of aliphatic carboxylic acids is 1. The van der Waals surface area contributed by atoms with Crippen molar-refractivity contribution in [3.8, 4) is 0 Å². The summed E-state index contributed by atoms with van der Waals surface area (Å²) < 4.78 is 0. The van der Waals surface area contributed by atoms with Gasteiger partial charge in [0.2, 0.25) is 0 Å². The third-order valence-electron chi connectivity index (χ3n) is 2.48. The minimum Gasteiger partial charge on any atom is -0.480 e. The van der Waals surface area contributed by atoms with E-state index < -0.39 is 18.1 Å². The summed E-state index contributed by atoms with van der Waals surface area (Å²) in [5.41, 5.74) is 5.18. The minimum absolute atomic E-state index is 0.242. The second-order valence-corrected chi connectivity index (χ2v) is 5.01. The van der Waals surface area contributed by atoms with Gasteiger partial charge in [-0.15, -0.1) is 0 Å². The smallest absolute Gasteiger partial charge is 0.321 e. The highest BCUT2D eigenvalue weighted by atomic mass is 32.2. The molecule has 0 fully saturated rings. The van der Waals surface area contributed by atoms with E-state index in [2.05, 4.69) is 25.7 Å². The van der Waals surface area contributed by atoms with Gasteiger partial charge in [0.1, 0.15) is 6.04 Å². The Bertz CT molecular complexity index is 210. The van der Waals surface area contributed by atoms with Crippen LogP contribution in [0.3, 0.4) is 0 Å². The van der Waals surface area contributed by atoms with E-state index in [0.29, 0.717) is 5.75 Å². The zero-order valence-electron chi connectivity index (χ0n) is 12.1. The summed E-state index contributed by atoms with van der Waals surface area (Å²) in [4.78, 5) is 12.6. The van der Waals surface area contributed by atoms with Crippen LogP contribution in [0.1, 0.15) is 20.8 Å². The van der Waals surface area contributed by atoms with Gasteiger partial charge in [0.05, 0.1) is 12.7 Å². The molecule has 6 nitrogen and oxygen atoms in total. The summed E-state index contributed by atoms with van der Waals surface area (Å²) in [5.74, 6) is -0.509. The first kappa shape index (κ1) is 21.0. The van der Waals surface area contributed by atoms with Crippen LogP contribution in [0.4, 0.5) is 0 Å². The molecular weight excluding hydrogens is 268 g/mol. The number of hydrogen-bond acceptors (Lipinski definition) is 6. The van der Waals surface area contributed by atoms with Crippen molar-refractivity contribution >= 4 is 17.7 Å². The maximum atomic E-state index is 10.2. The molecule has 0 aromatic carbocycles. The molecule has 0 bridgehead atoms. The average molecular weight is 296 g/mol.